The van der Waals surface area contributed by atoms with Gasteiger partial charge in [-0.15, -0.1) is 0 Å². The number of halogens is 4. The number of alkyl halides is 3. The SMILES string of the molecule is O=C(COc1ccccc1F)N1CC(Oc2ccc(C(F)(F)F)cn2)C1. The molecule has 0 saturated carbocycles. The van der Waals surface area contributed by atoms with E-state index in [-0.39, 0.29) is 43.3 Å². The van der Waals surface area contributed by atoms with Gasteiger partial charge in [-0.2, -0.15) is 13.2 Å². The predicted molar refractivity (Wildman–Crippen MR) is 82.1 cm³/mol. The minimum absolute atomic E-state index is 0.0110. The van der Waals surface area contributed by atoms with E-state index in [0.29, 0.717) is 6.20 Å². The second-order valence-corrected chi connectivity index (χ2v) is 5.64. The molecule has 26 heavy (non-hydrogen) atoms. The summed E-state index contributed by atoms with van der Waals surface area (Å²) in [6.45, 7) is 0.191. The Morgan fingerprint density at radius 1 is 1.19 bits per heavy atom. The third-order valence-corrected chi connectivity index (χ3v) is 3.74. The molecule has 1 aliphatic rings. The van der Waals surface area contributed by atoms with E-state index in [9.17, 15) is 22.4 Å². The highest BCUT2D eigenvalue weighted by atomic mass is 19.4. The van der Waals surface area contributed by atoms with Crippen molar-refractivity contribution in [1.82, 2.24) is 9.88 Å². The van der Waals surface area contributed by atoms with Gasteiger partial charge in [0.25, 0.3) is 5.91 Å². The van der Waals surface area contributed by atoms with E-state index in [1.54, 1.807) is 6.07 Å². The third kappa shape index (κ3) is 4.22. The molecule has 0 bridgehead atoms. The highest BCUT2D eigenvalue weighted by Gasteiger charge is 2.34. The monoisotopic (exact) mass is 370 g/mol. The van der Waals surface area contributed by atoms with E-state index in [2.05, 4.69) is 4.98 Å². The zero-order valence-electron chi connectivity index (χ0n) is 13.4. The molecular weight excluding hydrogens is 356 g/mol. The minimum atomic E-state index is -4.45. The van der Waals surface area contributed by atoms with Gasteiger partial charge in [0.1, 0.15) is 6.10 Å². The molecule has 0 unspecified atom stereocenters. The largest absolute Gasteiger partial charge is 0.481 e. The number of benzene rings is 1. The summed E-state index contributed by atoms with van der Waals surface area (Å²) in [5.41, 5.74) is -0.861. The number of aromatic nitrogens is 1. The van der Waals surface area contributed by atoms with Gasteiger partial charge in [0.15, 0.2) is 18.2 Å². The number of hydrogen-bond donors (Lipinski definition) is 0. The molecular formula is C17H14F4N2O3. The van der Waals surface area contributed by atoms with Crippen LogP contribution in [0.1, 0.15) is 5.56 Å². The fourth-order valence-electron chi connectivity index (χ4n) is 2.30. The fourth-order valence-corrected chi connectivity index (χ4v) is 2.30. The normalized spacial score (nSPS) is 14.7. The van der Waals surface area contributed by atoms with Gasteiger partial charge in [-0.1, -0.05) is 12.1 Å². The van der Waals surface area contributed by atoms with Crippen LogP contribution in [0.25, 0.3) is 0 Å². The Morgan fingerprint density at radius 3 is 2.54 bits per heavy atom. The van der Waals surface area contributed by atoms with Gasteiger partial charge >= 0.3 is 6.18 Å². The molecule has 1 amide bonds. The van der Waals surface area contributed by atoms with Crippen LogP contribution in [0.4, 0.5) is 17.6 Å². The summed E-state index contributed by atoms with van der Waals surface area (Å²) in [5, 5.41) is 0. The van der Waals surface area contributed by atoms with Crippen molar-refractivity contribution in [2.45, 2.75) is 12.3 Å². The van der Waals surface area contributed by atoms with Crippen molar-refractivity contribution in [3.63, 3.8) is 0 Å². The second-order valence-electron chi connectivity index (χ2n) is 5.64. The smallest absolute Gasteiger partial charge is 0.417 e. The molecule has 1 aliphatic heterocycles. The molecule has 1 aromatic carbocycles. The first-order chi connectivity index (χ1) is 12.3. The summed E-state index contributed by atoms with van der Waals surface area (Å²) in [7, 11) is 0. The molecule has 9 heteroatoms. The van der Waals surface area contributed by atoms with E-state index >= 15 is 0 Å². The molecule has 2 heterocycles. The lowest BCUT2D eigenvalue weighted by atomic mass is 10.1. The van der Waals surface area contributed by atoms with Gasteiger partial charge in [-0.3, -0.25) is 4.79 Å². The van der Waals surface area contributed by atoms with Crippen LogP contribution >= 0.6 is 0 Å². The maximum absolute atomic E-state index is 13.4. The van der Waals surface area contributed by atoms with Gasteiger partial charge < -0.3 is 14.4 Å². The Kier molecular flexibility index (Phi) is 4.97. The first-order valence-corrected chi connectivity index (χ1v) is 7.68. The van der Waals surface area contributed by atoms with Crippen LogP contribution in [0.15, 0.2) is 42.6 Å². The van der Waals surface area contributed by atoms with Crippen molar-refractivity contribution in [1.29, 1.82) is 0 Å². The number of nitrogens with zero attached hydrogens (tertiary/aromatic N) is 2. The van der Waals surface area contributed by atoms with Crippen LogP contribution in [-0.2, 0) is 11.0 Å². The molecule has 5 nitrogen and oxygen atoms in total. The van der Waals surface area contributed by atoms with Gasteiger partial charge in [0.2, 0.25) is 5.88 Å². The van der Waals surface area contributed by atoms with Crippen LogP contribution in [0.3, 0.4) is 0 Å². The van der Waals surface area contributed by atoms with E-state index in [4.69, 9.17) is 9.47 Å². The van der Waals surface area contributed by atoms with Crippen molar-refractivity contribution < 1.29 is 31.8 Å². The van der Waals surface area contributed by atoms with E-state index in [1.807, 2.05) is 0 Å². The van der Waals surface area contributed by atoms with Crippen molar-refractivity contribution >= 4 is 5.91 Å². The number of para-hydroxylation sites is 1. The van der Waals surface area contributed by atoms with Crippen LogP contribution < -0.4 is 9.47 Å². The molecule has 0 spiro atoms. The number of pyridine rings is 1. The van der Waals surface area contributed by atoms with Crippen LogP contribution in [0, 0.1) is 5.82 Å². The zero-order chi connectivity index (χ0) is 18.7. The molecule has 0 radical (unpaired) electrons. The molecule has 3 rings (SSSR count). The Balaban J connectivity index is 1.44. The Morgan fingerprint density at radius 2 is 1.92 bits per heavy atom. The lowest BCUT2D eigenvalue weighted by Crippen LogP contribution is -2.57. The molecule has 1 fully saturated rings. The molecule has 0 atom stereocenters. The average molecular weight is 370 g/mol. The Bertz CT molecular complexity index is 774. The van der Waals surface area contributed by atoms with Gasteiger partial charge in [0.05, 0.1) is 18.7 Å². The number of carbonyl (C=O) groups is 1. The Hall–Kier alpha value is -2.84. The topological polar surface area (TPSA) is 51.7 Å². The summed E-state index contributed by atoms with van der Waals surface area (Å²) in [6.07, 6.45) is -4.13. The summed E-state index contributed by atoms with van der Waals surface area (Å²) < 4.78 is 61.3. The minimum Gasteiger partial charge on any atom is -0.481 e. The standard InChI is InChI=1S/C17H14F4N2O3/c18-13-3-1-2-4-14(13)25-10-16(24)23-8-12(9-23)26-15-6-5-11(7-22-15)17(19,20)21/h1-7,12H,8-10H2. The summed E-state index contributed by atoms with van der Waals surface area (Å²) in [5.74, 6) is -0.854. The van der Waals surface area contributed by atoms with Crippen molar-refractivity contribution in [2.75, 3.05) is 19.7 Å². The highest BCUT2D eigenvalue weighted by molar-refractivity contribution is 5.78. The number of ether oxygens (including phenoxy) is 2. The second kappa shape index (κ2) is 7.19. The van der Waals surface area contributed by atoms with E-state index < -0.39 is 17.6 Å². The Labute approximate surface area is 146 Å². The lowest BCUT2D eigenvalue weighted by Gasteiger charge is -2.38. The molecule has 1 aromatic heterocycles. The van der Waals surface area contributed by atoms with Gasteiger partial charge in [-0.05, 0) is 18.2 Å². The molecule has 0 N–H and O–H groups in total. The number of likely N-dealkylation sites (tertiary alicyclic amines) is 1. The van der Waals surface area contributed by atoms with Crippen molar-refractivity contribution in [3.8, 4) is 11.6 Å². The third-order valence-electron chi connectivity index (χ3n) is 3.74. The van der Waals surface area contributed by atoms with E-state index in [0.717, 1.165) is 12.1 Å². The van der Waals surface area contributed by atoms with Crippen LogP contribution in [-0.4, -0.2) is 41.6 Å². The number of amides is 1. The molecule has 138 valence electrons. The van der Waals surface area contributed by atoms with Crippen molar-refractivity contribution in [3.05, 3.63) is 54.0 Å². The quantitative estimate of drug-likeness (QED) is 0.760. The predicted octanol–water partition coefficient (Wildman–Crippen LogP) is 2.91. The van der Waals surface area contributed by atoms with Crippen LogP contribution in [0.2, 0.25) is 0 Å². The number of rotatable bonds is 5. The first kappa shape index (κ1) is 18.0. The fraction of sp³-hybridized carbons (Fsp3) is 0.294. The maximum Gasteiger partial charge on any atom is 0.417 e. The summed E-state index contributed by atoms with van der Waals surface area (Å²) in [4.78, 5) is 17.0. The van der Waals surface area contributed by atoms with Crippen LogP contribution in [0.5, 0.6) is 11.6 Å². The average Bonchev–Trinajstić information content (AvgIpc) is 2.56. The van der Waals surface area contributed by atoms with Crippen molar-refractivity contribution in [2.24, 2.45) is 0 Å². The van der Waals surface area contributed by atoms with E-state index in [1.165, 1.54) is 23.1 Å². The highest BCUT2D eigenvalue weighted by Crippen LogP contribution is 2.29. The molecule has 1 saturated heterocycles. The maximum atomic E-state index is 13.4. The molecule has 0 aliphatic carbocycles. The first-order valence-electron chi connectivity index (χ1n) is 7.68. The number of hydrogen-bond acceptors (Lipinski definition) is 4. The van der Waals surface area contributed by atoms with Gasteiger partial charge in [-0.25, -0.2) is 9.37 Å². The lowest BCUT2D eigenvalue weighted by molar-refractivity contribution is -0.142. The van der Waals surface area contributed by atoms with Gasteiger partial charge in [0, 0.05) is 12.3 Å². The molecule has 2 aromatic rings. The summed E-state index contributed by atoms with van der Waals surface area (Å²) >= 11 is 0. The number of carbonyl (C=O) groups excluding carboxylic acids is 1. The summed E-state index contributed by atoms with van der Waals surface area (Å²) in [6, 6.07) is 7.76. The zero-order valence-corrected chi connectivity index (χ0v) is 13.4.